The highest BCUT2D eigenvalue weighted by molar-refractivity contribution is 6.14. The van der Waals surface area contributed by atoms with Crippen LogP contribution in [0.5, 0.6) is 11.5 Å². The van der Waals surface area contributed by atoms with E-state index in [0.717, 1.165) is 0 Å². The molecule has 2 aromatic rings. The van der Waals surface area contributed by atoms with E-state index in [4.69, 9.17) is 9.47 Å². The first-order valence-electron chi connectivity index (χ1n) is 6.49. The Morgan fingerprint density at radius 2 is 2.00 bits per heavy atom. The third-order valence-corrected chi connectivity index (χ3v) is 3.16. The maximum Gasteiger partial charge on any atom is 0.231 e. The van der Waals surface area contributed by atoms with Crippen molar-refractivity contribution in [1.29, 1.82) is 5.26 Å². The molecule has 0 spiro atoms. The molecule has 0 unspecified atom stereocenters. The number of carbonyl (C=O) groups is 1. The number of nitrogens with zero attached hydrogens (tertiary/aromatic N) is 1. The topological polar surface area (TPSA) is 59.3 Å². The third-order valence-electron chi connectivity index (χ3n) is 3.16. The highest BCUT2D eigenvalue weighted by Gasteiger charge is 2.18. The monoisotopic (exact) mass is 295 g/mol. The lowest BCUT2D eigenvalue weighted by atomic mass is 10.0. The lowest BCUT2D eigenvalue weighted by molar-refractivity contribution is 0.103. The molecule has 0 aromatic heterocycles. The van der Waals surface area contributed by atoms with Gasteiger partial charge in [-0.1, -0.05) is 12.1 Å². The Kier molecular flexibility index (Phi) is 3.58. The van der Waals surface area contributed by atoms with Crippen molar-refractivity contribution in [1.82, 2.24) is 0 Å². The third kappa shape index (κ3) is 2.67. The molecule has 0 atom stereocenters. The second-order valence-corrected chi connectivity index (χ2v) is 4.62. The van der Waals surface area contributed by atoms with E-state index in [-0.39, 0.29) is 12.4 Å². The summed E-state index contributed by atoms with van der Waals surface area (Å²) in [7, 11) is 0. The van der Waals surface area contributed by atoms with E-state index in [1.807, 2.05) is 6.07 Å². The summed E-state index contributed by atoms with van der Waals surface area (Å²) in [5.74, 6) is 0.143. The van der Waals surface area contributed by atoms with E-state index in [9.17, 15) is 14.4 Å². The fourth-order valence-electron chi connectivity index (χ4n) is 2.10. The minimum atomic E-state index is -0.454. The van der Waals surface area contributed by atoms with Crippen LogP contribution in [-0.4, -0.2) is 12.6 Å². The first-order chi connectivity index (χ1) is 10.7. The molecule has 0 bridgehead atoms. The van der Waals surface area contributed by atoms with E-state index in [2.05, 4.69) is 0 Å². The van der Waals surface area contributed by atoms with Crippen LogP contribution in [0.4, 0.5) is 4.39 Å². The fourth-order valence-corrected chi connectivity index (χ4v) is 2.10. The van der Waals surface area contributed by atoms with Gasteiger partial charge in [0.15, 0.2) is 11.5 Å². The van der Waals surface area contributed by atoms with Gasteiger partial charge in [0, 0.05) is 5.56 Å². The number of ketones is 1. The van der Waals surface area contributed by atoms with Gasteiger partial charge in [-0.25, -0.2) is 4.39 Å². The van der Waals surface area contributed by atoms with Gasteiger partial charge in [0.05, 0.1) is 0 Å². The van der Waals surface area contributed by atoms with Crippen molar-refractivity contribution in [2.24, 2.45) is 0 Å². The Morgan fingerprint density at radius 3 is 2.77 bits per heavy atom. The van der Waals surface area contributed by atoms with Crippen molar-refractivity contribution in [2.75, 3.05) is 6.79 Å². The Morgan fingerprint density at radius 1 is 1.18 bits per heavy atom. The highest BCUT2D eigenvalue weighted by atomic mass is 19.1. The highest BCUT2D eigenvalue weighted by Crippen LogP contribution is 2.33. The number of hydrogen-bond acceptors (Lipinski definition) is 4. The first-order valence-corrected chi connectivity index (χ1v) is 6.49. The maximum absolute atomic E-state index is 13.2. The predicted octanol–water partition coefficient (Wildman–Crippen LogP) is 3.34. The van der Waals surface area contributed by atoms with Gasteiger partial charge in [-0.15, -0.1) is 0 Å². The van der Waals surface area contributed by atoms with Gasteiger partial charge in [-0.05, 0) is 42.0 Å². The molecule has 0 radical (unpaired) electrons. The van der Waals surface area contributed by atoms with Crippen LogP contribution < -0.4 is 9.47 Å². The molecule has 0 saturated carbocycles. The van der Waals surface area contributed by atoms with Crippen molar-refractivity contribution in [3.05, 3.63) is 65.0 Å². The summed E-state index contributed by atoms with van der Waals surface area (Å²) in [6.07, 6.45) is 1.36. The minimum absolute atomic E-state index is 0.0792. The fraction of sp³-hybridized carbons (Fsp3) is 0.0588. The van der Waals surface area contributed by atoms with Crippen molar-refractivity contribution < 1.29 is 18.7 Å². The molecule has 2 aromatic carbocycles. The molecule has 22 heavy (non-hydrogen) atoms. The molecule has 1 aliphatic heterocycles. The van der Waals surface area contributed by atoms with E-state index in [1.54, 1.807) is 18.2 Å². The normalized spacial score (nSPS) is 12.8. The lowest BCUT2D eigenvalue weighted by Gasteiger charge is -2.02. The van der Waals surface area contributed by atoms with Gasteiger partial charge >= 0.3 is 0 Å². The summed E-state index contributed by atoms with van der Waals surface area (Å²) < 4.78 is 23.6. The maximum atomic E-state index is 13.2. The number of benzene rings is 2. The molecule has 1 heterocycles. The predicted molar refractivity (Wildman–Crippen MR) is 76.9 cm³/mol. The number of fused-ring (bicyclic) bond motifs is 1. The molecular weight excluding hydrogens is 285 g/mol. The quantitative estimate of drug-likeness (QED) is 0.495. The zero-order chi connectivity index (χ0) is 15.5. The first kappa shape index (κ1) is 13.8. The van der Waals surface area contributed by atoms with Crippen molar-refractivity contribution in [3.8, 4) is 17.6 Å². The summed E-state index contributed by atoms with van der Waals surface area (Å²) >= 11 is 0. The van der Waals surface area contributed by atoms with E-state index >= 15 is 0 Å². The number of nitriles is 1. The Balaban J connectivity index is 1.94. The minimum Gasteiger partial charge on any atom is -0.454 e. The molecule has 0 amide bonds. The van der Waals surface area contributed by atoms with E-state index in [0.29, 0.717) is 22.6 Å². The molecule has 108 valence electrons. The molecule has 0 aliphatic carbocycles. The molecule has 1 aliphatic rings. The average Bonchev–Trinajstić information content (AvgIpc) is 2.99. The van der Waals surface area contributed by atoms with Gasteiger partial charge in [0.25, 0.3) is 0 Å². The SMILES string of the molecule is N#C/C(=C/c1cccc(F)c1)C(=O)c1ccc2c(c1)OCO2. The number of rotatable bonds is 3. The summed E-state index contributed by atoms with van der Waals surface area (Å²) in [6.45, 7) is 0.108. The van der Waals surface area contributed by atoms with Crippen LogP contribution in [0.15, 0.2) is 48.0 Å². The summed E-state index contributed by atoms with van der Waals surface area (Å²) in [6, 6.07) is 12.2. The summed E-state index contributed by atoms with van der Waals surface area (Å²) in [5, 5.41) is 9.19. The van der Waals surface area contributed by atoms with Crippen LogP contribution in [0.3, 0.4) is 0 Å². The van der Waals surface area contributed by atoms with Crippen LogP contribution in [-0.2, 0) is 0 Å². The molecule has 5 heteroatoms. The number of allylic oxidation sites excluding steroid dienone is 1. The van der Waals surface area contributed by atoms with Gasteiger partial charge in [0.2, 0.25) is 12.6 Å². The van der Waals surface area contributed by atoms with Gasteiger partial charge in [0.1, 0.15) is 17.5 Å². The number of Topliss-reactive ketones (excluding diaryl/α,β-unsaturated/α-hetero) is 1. The Hall–Kier alpha value is -3.13. The van der Waals surface area contributed by atoms with Crippen LogP contribution in [0.1, 0.15) is 15.9 Å². The van der Waals surface area contributed by atoms with E-state index in [1.165, 1.54) is 30.3 Å². The number of carbonyl (C=O) groups excluding carboxylic acids is 1. The molecule has 0 fully saturated rings. The molecule has 3 rings (SSSR count). The molecule has 0 saturated heterocycles. The molecule has 4 nitrogen and oxygen atoms in total. The Labute approximate surface area is 126 Å². The zero-order valence-electron chi connectivity index (χ0n) is 11.4. The van der Waals surface area contributed by atoms with Crippen LogP contribution in [0, 0.1) is 17.1 Å². The summed E-state index contributed by atoms with van der Waals surface area (Å²) in [4.78, 5) is 12.4. The van der Waals surface area contributed by atoms with Gasteiger partial charge in [-0.2, -0.15) is 5.26 Å². The number of ether oxygens (including phenoxy) is 2. The standard InChI is InChI=1S/C17H10FNO3/c18-14-3-1-2-11(7-14)6-13(9-19)17(20)12-4-5-15-16(8-12)22-10-21-15/h1-8H,10H2/b13-6-. The summed E-state index contributed by atoms with van der Waals surface area (Å²) in [5.41, 5.74) is 0.684. The van der Waals surface area contributed by atoms with Gasteiger partial charge < -0.3 is 9.47 Å². The van der Waals surface area contributed by atoms with Crippen LogP contribution in [0.25, 0.3) is 6.08 Å². The zero-order valence-corrected chi connectivity index (χ0v) is 11.4. The second-order valence-electron chi connectivity index (χ2n) is 4.62. The lowest BCUT2D eigenvalue weighted by Crippen LogP contribution is -2.02. The molecular formula is C17H10FNO3. The smallest absolute Gasteiger partial charge is 0.231 e. The Bertz CT molecular complexity index is 821. The van der Waals surface area contributed by atoms with Crippen LogP contribution >= 0.6 is 0 Å². The van der Waals surface area contributed by atoms with Crippen LogP contribution in [0.2, 0.25) is 0 Å². The van der Waals surface area contributed by atoms with Crippen molar-refractivity contribution >= 4 is 11.9 Å². The second kappa shape index (κ2) is 5.70. The van der Waals surface area contributed by atoms with Crippen molar-refractivity contribution in [2.45, 2.75) is 0 Å². The average molecular weight is 295 g/mol. The van der Waals surface area contributed by atoms with E-state index < -0.39 is 11.6 Å². The molecule has 0 N–H and O–H groups in total. The number of hydrogen-bond donors (Lipinski definition) is 0. The van der Waals surface area contributed by atoms with Gasteiger partial charge in [-0.3, -0.25) is 4.79 Å². The van der Waals surface area contributed by atoms with Crippen molar-refractivity contribution in [3.63, 3.8) is 0 Å². The number of halogens is 1. The largest absolute Gasteiger partial charge is 0.454 e.